The number of halogens is 1. The summed E-state index contributed by atoms with van der Waals surface area (Å²) in [6.45, 7) is 4.69. The molecule has 7 nitrogen and oxygen atoms in total. The maximum Gasteiger partial charge on any atom is 0.251 e. The Morgan fingerprint density at radius 2 is 1.52 bits per heavy atom. The summed E-state index contributed by atoms with van der Waals surface area (Å²) in [6, 6.07) is 7.07. The zero-order valence-electron chi connectivity index (χ0n) is 16.7. The van der Waals surface area contributed by atoms with Crippen LogP contribution in [0, 0.1) is 0 Å². The molecule has 29 heavy (non-hydrogen) atoms. The molecule has 3 amide bonds. The molecule has 3 rings (SSSR count). The van der Waals surface area contributed by atoms with E-state index in [-0.39, 0.29) is 24.3 Å². The van der Waals surface area contributed by atoms with Gasteiger partial charge in [0.05, 0.1) is 13.1 Å². The van der Waals surface area contributed by atoms with Gasteiger partial charge in [0.1, 0.15) is 0 Å². The van der Waals surface area contributed by atoms with Gasteiger partial charge in [-0.3, -0.25) is 19.3 Å². The maximum absolute atomic E-state index is 12.5. The van der Waals surface area contributed by atoms with E-state index < -0.39 is 0 Å². The average molecular weight is 465 g/mol. The largest absolute Gasteiger partial charge is 0.343 e. The summed E-state index contributed by atoms with van der Waals surface area (Å²) in [4.78, 5) is 43.0. The van der Waals surface area contributed by atoms with E-state index in [4.69, 9.17) is 0 Å². The molecule has 0 spiro atoms. The maximum atomic E-state index is 12.5. The van der Waals surface area contributed by atoms with Crippen LogP contribution in [0.3, 0.4) is 0 Å². The highest BCUT2D eigenvalue weighted by Crippen LogP contribution is 2.12. The topological polar surface area (TPSA) is 73.0 Å². The third kappa shape index (κ3) is 6.54. The molecule has 0 radical (unpaired) electrons. The van der Waals surface area contributed by atoms with Gasteiger partial charge in [-0.2, -0.15) is 0 Å². The molecule has 0 atom stereocenters. The van der Waals surface area contributed by atoms with Gasteiger partial charge in [-0.1, -0.05) is 34.8 Å². The molecule has 2 saturated heterocycles. The lowest BCUT2D eigenvalue weighted by molar-refractivity contribution is -0.134. The van der Waals surface area contributed by atoms with Crippen LogP contribution < -0.4 is 5.32 Å². The minimum Gasteiger partial charge on any atom is -0.343 e. The first kappa shape index (κ1) is 21.8. The smallest absolute Gasteiger partial charge is 0.251 e. The Morgan fingerprint density at radius 3 is 2.17 bits per heavy atom. The number of rotatable bonds is 5. The van der Waals surface area contributed by atoms with Crippen LogP contribution in [0.2, 0.25) is 0 Å². The molecule has 2 fully saturated rings. The van der Waals surface area contributed by atoms with E-state index >= 15 is 0 Å². The molecule has 158 valence electrons. The van der Waals surface area contributed by atoms with Crippen LogP contribution in [-0.4, -0.2) is 84.8 Å². The number of carbonyl (C=O) groups is 3. The van der Waals surface area contributed by atoms with Crippen LogP contribution in [0.15, 0.2) is 28.7 Å². The predicted octanol–water partition coefficient (Wildman–Crippen LogP) is 1.73. The molecule has 0 aliphatic carbocycles. The number of nitrogens with zero attached hydrogens (tertiary/aromatic N) is 3. The number of amides is 3. The van der Waals surface area contributed by atoms with Crippen molar-refractivity contribution < 1.29 is 14.4 Å². The van der Waals surface area contributed by atoms with E-state index in [0.717, 1.165) is 30.4 Å². The highest BCUT2D eigenvalue weighted by Gasteiger charge is 2.24. The second-order valence-corrected chi connectivity index (χ2v) is 8.56. The number of piperazine rings is 1. The molecular formula is C21H29BrN4O3. The Kier molecular flexibility index (Phi) is 8.06. The summed E-state index contributed by atoms with van der Waals surface area (Å²) in [5, 5.41) is 2.69. The van der Waals surface area contributed by atoms with Crippen LogP contribution in [0.5, 0.6) is 0 Å². The number of hydrogen-bond donors (Lipinski definition) is 1. The number of hydrogen-bond acceptors (Lipinski definition) is 4. The normalized spacial score (nSPS) is 18.2. The zero-order chi connectivity index (χ0) is 20.6. The Balaban J connectivity index is 1.39. The quantitative estimate of drug-likeness (QED) is 0.719. The monoisotopic (exact) mass is 464 g/mol. The number of carbonyl (C=O) groups excluding carboxylic acids is 3. The summed E-state index contributed by atoms with van der Waals surface area (Å²) in [5.74, 6) is -0.152. The standard InChI is InChI=1S/C21H29BrN4O3/c22-18-7-5-6-17(14-18)21(29)23-15-19(27)26-12-10-24(11-13-26)16-20(28)25-8-3-1-2-4-9-25/h5-7,14H,1-4,8-13,15-16H2,(H,23,29). The first-order valence-corrected chi connectivity index (χ1v) is 11.1. The van der Waals surface area contributed by atoms with E-state index in [1.807, 2.05) is 11.0 Å². The molecule has 1 aromatic carbocycles. The molecule has 2 aliphatic rings. The Hall–Kier alpha value is -1.93. The van der Waals surface area contributed by atoms with Gasteiger partial charge in [0, 0.05) is 49.3 Å². The van der Waals surface area contributed by atoms with Crippen molar-refractivity contribution in [2.45, 2.75) is 25.7 Å². The lowest BCUT2D eigenvalue weighted by Crippen LogP contribution is -2.53. The van der Waals surface area contributed by atoms with E-state index in [9.17, 15) is 14.4 Å². The molecule has 0 aromatic heterocycles. The fraction of sp³-hybridized carbons (Fsp3) is 0.571. The molecule has 2 aliphatic heterocycles. The first-order chi connectivity index (χ1) is 14.0. The van der Waals surface area contributed by atoms with E-state index in [1.165, 1.54) is 12.8 Å². The van der Waals surface area contributed by atoms with Crippen LogP contribution in [0.4, 0.5) is 0 Å². The first-order valence-electron chi connectivity index (χ1n) is 10.3. The Labute approximate surface area is 180 Å². The second-order valence-electron chi connectivity index (χ2n) is 7.64. The van der Waals surface area contributed by atoms with Crippen molar-refractivity contribution >= 4 is 33.7 Å². The van der Waals surface area contributed by atoms with Crippen molar-refractivity contribution in [3.8, 4) is 0 Å². The van der Waals surface area contributed by atoms with E-state index in [0.29, 0.717) is 38.3 Å². The van der Waals surface area contributed by atoms with E-state index in [1.54, 1.807) is 23.1 Å². The van der Waals surface area contributed by atoms with Crippen LogP contribution in [0.25, 0.3) is 0 Å². The summed E-state index contributed by atoms with van der Waals surface area (Å²) in [7, 11) is 0. The third-order valence-electron chi connectivity index (χ3n) is 5.53. The van der Waals surface area contributed by atoms with Gasteiger partial charge in [0.15, 0.2) is 0 Å². The second kappa shape index (κ2) is 10.7. The van der Waals surface area contributed by atoms with Crippen LogP contribution in [-0.2, 0) is 9.59 Å². The van der Waals surface area contributed by atoms with Gasteiger partial charge in [-0.05, 0) is 31.0 Å². The highest BCUT2D eigenvalue weighted by molar-refractivity contribution is 9.10. The minimum absolute atomic E-state index is 0.0158. The summed E-state index contributed by atoms with van der Waals surface area (Å²) in [5.41, 5.74) is 0.518. The zero-order valence-corrected chi connectivity index (χ0v) is 18.3. The Morgan fingerprint density at radius 1 is 0.862 bits per heavy atom. The number of benzene rings is 1. The molecule has 0 unspecified atom stereocenters. The highest BCUT2D eigenvalue weighted by atomic mass is 79.9. The average Bonchev–Trinajstić information content (AvgIpc) is 3.02. The van der Waals surface area contributed by atoms with Gasteiger partial charge in [-0.15, -0.1) is 0 Å². The van der Waals surface area contributed by atoms with E-state index in [2.05, 4.69) is 26.1 Å². The van der Waals surface area contributed by atoms with Gasteiger partial charge >= 0.3 is 0 Å². The van der Waals surface area contributed by atoms with Gasteiger partial charge in [-0.25, -0.2) is 0 Å². The number of nitrogens with one attached hydrogen (secondary N) is 1. The van der Waals surface area contributed by atoms with Crippen molar-refractivity contribution in [2.24, 2.45) is 0 Å². The Bertz CT molecular complexity index is 726. The molecule has 1 N–H and O–H groups in total. The van der Waals surface area contributed by atoms with Crippen LogP contribution >= 0.6 is 15.9 Å². The predicted molar refractivity (Wildman–Crippen MR) is 115 cm³/mol. The molecule has 0 saturated carbocycles. The minimum atomic E-state index is -0.263. The van der Waals surface area contributed by atoms with Gasteiger partial charge < -0.3 is 15.1 Å². The molecular weight excluding hydrogens is 436 g/mol. The molecule has 0 bridgehead atoms. The van der Waals surface area contributed by atoms with Crippen molar-refractivity contribution in [3.05, 3.63) is 34.3 Å². The van der Waals surface area contributed by atoms with Crippen molar-refractivity contribution in [3.63, 3.8) is 0 Å². The lowest BCUT2D eigenvalue weighted by Gasteiger charge is -2.35. The molecule has 8 heteroatoms. The van der Waals surface area contributed by atoms with Crippen molar-refractivity contribution in [1.82, 2.24) is 20.0 Å². The molecule has 1 aromatic rings. The summed E-state index contributed by atoms with van der Waals surface area (Å²) >= 11 is 3.34. The summed E-state index contributed by atoms with van der Waals surface area (Å²) < 4.78 is 0.822. The third-order valence-corrected chi connectivity index (χ3v) is 6.02. The summed E-state index contributed by atoms with van der Waals surface area (Å²) in [6.07, 6.45) is 4.62. The SMILES string of the molecule is O=C(NCC(=O)N1CCN(CC(=O)N2CCCCCC2)CC1)c1cccc(Br)c1. The van der Waals surface area contributed by atoms with Crippen LogP contribution in [0.1, 0.15) is 36.0 Å². The fourth-order valence-electron chi connectivity index (χ4n) is 3.77. The molecule has 2 heterocycles. The van der Waals surface area contributed by atoms with Crippen molar-refractivity contribution in [2.75, 3.05) is 52.4 Å². The fourth-order valence-corrected chi connectivity index (χ4v) is 4.17. The lowest BCUT2D eigenvalue weighted by atomic mass is 10.2. The van der Waals surface area contributed by atoms with Gasteiger partial charge in [0.2, 0.25) is 11.8 Å². The van der Waals surface area contributed by atoms with Gasteiger partial charge in [0.25, 0.3) is 5.91 Å². The van der Waals surface area contributed by atoms with Crippen molar-refractivity contribution in [1.29, 1.82) is 0 Å². The number of likely N-dealkylation sites (tertiary alicyclic amines) is 1.